The van der Waals surface area contributed by atoms with Gasteiger partial charge in [-0.25, -0.2) is 4.79 Å². The lowest BCUT2D eigenvalue weighted by Crippen LogP contribution is -2.41. The third kappa shape index (κ3) is 2.23. The zero-order valence-electron chi connectivity index (χ0n) is 12.7. The number of rotatable bonds is 4. The van der Waals surface area contributed by atoms with Crippen molar-refractivity contribution in [1.29, 1.82) is 0 Å². The first-order chi connectivity index (χ1) is 10.1. The second-order valence-electron chi connectivity index (χ2n) is 6.34. The molecule has 1 saturated carbocycles. The van der Waals surface area contributed by atoms with Crippen molar-refractivity contribution in [3.63, 3.8) is 0 Å². The van der Waals surface area contributed by atoms with E-state index in [1.165, 1.54) is 24.8 Å². The van der Waals surface area contributed by atoms with E-state index in [1.54, 1.807) is 9.13 Å². The predicted octanol–water partition coefficient (Wildman–Crippen LogP) is 2.60. The van der Waals surface area contributed by atoms with Gasteiger partial charge >= 0.3 is 5.69 Å². The van der Waals surface area contributed by atoms with E-state index in [9.17, 15) is 4.79 Å². The third-order valence-electron chi connectivity index (χ3n) is 4.82. The van der Waals surface area contributed by atoms with Crippen LogP contribution in [0.25, 0.3) is 5.69 Å². The summed E-state index contributed by atoms with van der Waals surface area (Å²) >= 11 is 0. The largest absolute Gasteiger partial charge is 0.332 e. The molecule has 2 aromatic rings. The highest BCUT2D eigenvalue weighted by Gasteiger charge is 2.37. The zero-order chi connectivity index (χ0) is 15.0. The maximum absolute atomic E-state index is 12.3. The fourth-order valence-corrected chi connectivity index (χ4v) is 3.17. The molecule has 0 atom stereocenters. The molecule has 0 unspecified atom stereocenters. The number of imidazole rings is 1. The van der Waals surface area contributed by atoms with Gasteiger partial charge in [0.1, 0.15) is 0 Å². The SMILES string of the molecule is CC(C)n1ccn(-c2ccc(C3(CN)CCC3)cc2)c1=O. The number of aromatic nitrogens is 2. The summed E-state index contributed by atoms with van der Waals surface area (Å²) in [6.07, 6.45) is 7.28. The number of nitrogens with zero attached hydrogens (tertiary/aromatic N) is 2. The summed E-state index contributed by atoms with van der Waals surface area (Å²) in [4.78, 5) is 12.3. The minimum Gasteiger partial charge on any atom is -0.330 e. The molecule has 3 rings (SSSR count). The predicted molar refractivity (Wildman–Crippen MR) is 85.0 cm³/mol. The summed E-state index contributed by atoms with van der Waals surface area (Å²) in [6.45, 7) is 4.73. The molecule has 1 aliphatic carbocycles. The number of hydrogen-bond donors (Lipinski definition) is 1. The van der Waals surface area contributed by atoms with Gasteiger partial charge < -0.3 is 5.73 Å². The van der Waals surface area contributed by atoms with Gasteiger partial charge in [0.25, 0.3) is 0 Å². The van der Waals surface area contributed by atoms with Crippen molar-refractivity contribution in [2.75, 3.05) is 6.54 Å². The van der Waals surface area contributed by atoms with Crippen LogP contribution in [0, 0.1) is 0 Å². The molecule has 0 aliphatic heterocycles. The average Bonchev–Trinajstić information content (AvgIpc) is 2.81. The normalized spacial score (nSPS) is 17.0. The fourth-order valence-electron chi connectivity index (χ4n) is 3.17. The van der Waals surface area contributed by atoms with E-state index in [0.29, 0.717) is 6.54 Å². The van der Waals surface area contributed by atoms with Crippen LogP contribution in [0.15, 0.2) is 41.5 Å². The Labute approximate surface area is 125 Å². The lowest BCUT2D eigenvalue weighted by molar-refractivity contribution is 0.253. The Hall–Kier alpha value is -1.81. The molecule has 112 valence electrons. The molecule has 1 aromatic heterocycles. The van der Waals surface area contributed by atoms with Crippen LogP contribution in [0.3, 0.4) is 0 Å². The van der Waals surface area contributed by atoms with Gasteiger partial charge in [0.05, 0.1) is 5.69 Å². The third-order valence-corrected chi connectivity index (χ3v) is 4.82. The van der Waals surface area contributed by atoms with E-state index in [1.807, 2.05) is 38.4 Å². The van der Waals surface area contributed by atoms with E-state index in [0.717, 1.165) is 5.69 Å². The van der Waals surface area contributed by atoms with E-state index in [-0.39, 0.29) is 17.1 Å². The van der Waals surface area contributed by atoms with Gasteiger partial charge in [-0.2, -0.15) is 0 Å². The monoisotopic (exact) mass is 285 g/mol. The van der Waals surface area contributed by atoms with E-state index >= 15 is 0 Å². The Morgan fingerprint density at radius 2 is 1.86 bits per heavy atom. The molecule has 0 saturated heterocycles. The number of nitrogens with two attached hydrogens (primary N) is 1. The van der Waals surface area contributed by atoms with Crippen LogP contribution < -0.4 is 11.4 Å². The van der Waals surface area contributed by atoms with Crippen molar-refractivity contribution in [2.45, 2.75) is 44.6 Å². The summed E-state index contributed by atoms with van der Waals surface area (Å²) < 4.78 is 3.43. The van der Waals surface area contributed by atoms with Crippen molar-refractivity contribution in [3.05, 3.63) is 52.7 Å². The van der Waals surface area contributed by atoms with Crippen LogP contribution in [0.2, 0.25) is 0 Å². The maximum atomic E-state index is 12.3. The zero-order valence-corrected chi connectivity index (χ0v) is 12.7. The highest BCUT2D eigenvalue weighted by molar-refractivity contribution is 5.39. The lowest BCUT2D eigenvalue weighted by Gasteiger charge is -2.41. The van der Waals surface area contributed by atoms with Crippen molar-refractivity contribution >= 4 is 0 Å². The molecule has 1 heterocycles. The van der Waals surface area contributed by atoms with E-state index < -0.39 is 0 Å². The standard InChI is InChI=1S/C17H23N3O/c1-13(2)19-10-11-20(16(19)21)15-6-4-14(5-7-15)17(12-18)8-3-9-17/h4-7,10-11,13H,3,8-9,12,18H2,1-2H3. The Kier molecular flexibility index (Phi) is 3.49. The van der Waals surface area contributed by atoms with Gasteiger partial charge in [0, 0.05) is 30.4 Å². The molecule has 2 N–H and O–H groups in total. The quantitative estimate of drug-likeness (QED) is 0.938. The molecule has 0 spiro atoms. The molecule has 1 aliphatic rings. The fraction of sp³-hybridized carbons (Fsp3) is 0.471. The molecule has 1 fully saturated rings. The molecular weight excluding hydrogens is 262 g/mol. The molecule has 21 heavy (non-hydrogen) atoms. The van der Waals surface area contributed by atoms with Crippen LogP contribution in [0.1, 0.15) is 44.7 Å². The average molecular weight is 285 g/mol. The molecule has 0 bridgehead atoms. The second kappa shape index (κ2) is 5.19. The molecular formula is C17H23N3O. The van der Waals surface area contributed by atoms with Gasteiger partial charge in [-0.3, -0.25) is 9.13 Å². The minimum absolute atomic E-state index is 0.00920. The van der Waals surface area contributed by atoms with Crippen molar-refractivity contribution in [3.8, 4) is 5.69 Å². The molecule has 0 amide bonds. The molecule has 0 radical (unpaired) electrons. The van der Waals surface area contributed by atoms with Gasteiger partial charge in [-0.05, 0) is 44.4 Å². The Balaban J connectivity index is 1.93. The second-order valence-corrected chi connectivity index (χ2v) is 6.34. The summed E-state index contributed by atoms with van der Waals surface area (Å²) in [5, 5.41) is 0. The van der Waals surface area contributed by atoms with Crippen molar-refractivity contribution in [1.82, 2.24) is 9.13 Å². The summed E-state index contributed by atoms with van der Waals surface area (Å²) in [7, 11) is 0. The minimum atomic E-state index is 0.00920. The molecule has 1 aromatic carbocycles. The van der Waals surface area contributed by atoms with Gasteiger partial charge in [-0.15, -0.1) is 0 Å². The van der Waals surface area contributed by atoms with Crippen LogP contribution in [-0.4, -0.2) is 15.7 Å². The Morgan fingerprint density at radius 1 is 1.19 bits per heavy atom. The number of benzene rings is 1. The van der Waals surface area contributed by atoms with Crippen molar-refractivity contribution < 1.29 is 0 Å². The topological polar surface area (TPSA) is 52.9 Å². The number of hydrogen-bond acceptors (Lipinski definition) is 2. The Morgan fingerprint density at radius 3 is 2.29 bits per heavy atom. The first-order valence-electron chi connectivity index (χ1n) is 7.68. The van der Waals surface area contributed by atoms with Gasteiger partial charge in [0.15, 0.2) is 0 Å². The highest BCUT2D eigenvalue weighted by Crippen LogP contribution is 2.42. The van der Waals surface area contributed by atoms with Crippen LogP contribution in [-0.2, 0) is 5.41 Å². The summed E-state index contributed by atoms with van der Waals surface area (Å²) in [6, 6.07) is 8.48. The van der Waals surface area contributed by atoms with Gasteiger partial charge in [-0.1, -0.05) is 18.6 Å². The summed E-state index contributed by atoms with van der Waals surface area (Å²) in [5.74, 6) is 0. The lowest BCUT2D eigenvalue weighted by atomic mass is 9.64. The Bertz CT molecular complexity index is 669. The molecule has 4 nitrogen and oxygen atoms in total. The van der Waals surface area contributed by atoms with Crippen LogP contribution >= 0.6 is 0 Å². The molecule has 4 heteroatoms. The maximum Gasteiger partial charge on any atom is 0.332 e. The van der Waals surface area contributed by atoms with Gasteiger partial charge in [0.2, 0.25) is 0 Å². The van der Waals surface area contributed by atoms with Crippen LogP contribution in [0.4, 0.5) is 0 Å². The van der Waals surface area contributed by atoms with E-state index in [4.69, 9.17) is 5.73 Å². The first kappa shape index (κ1) is 14.1. The van der Waals surface area contributed by atoms with Crippen LogP contribution in [0.5, 0.6) is 0 Å². The van der Waals surface area contributed by atoms with Crippen molar-refractivity contribution in [2.24, 2.45) is 5.73 Å². The first-order valence-corrected chi connectivity index (χ1v) is 7.68. The smallest absolute Gasteiger partial charge is 0.330 e. The highest BCUT2D eigenvalue weighted by atomic mass is 16.1. The summed E-state index contributed by atoms with van der Waals surface area (Å²) in [5.41, 5.74) is 8.35. The van der Waals surface area contributed by atoms with E-state index in [2.05, 4.69) is 12.1 Å².